The maximum atomic E-state index is 10.5. The summed E-state index contributed by atoms with van der Waals surface area (Å²) in [7, 11) is 0. The maximum Gasteiger partial charge on any atom is 0.303 e. The van der Waals surface area contributed by atoms with Crippen LogP contribution in [0.25, 0.3) is 0 Å². The van der Waals surface area contributed by atoms with Crippen molar-refractivity contribution in [1.29, 1.82) is 0 Å². The van der Waals surface area contributed by atoms with Crippen molar-refractivity contribution in [2.75, 3.05) is 0 Å². The van der Waals surface area contributed by atoms with Crippen LogP contribution in [0, 0.1) is 5.92 Å². The zero-order chi connectivity index (χ0) is 9.26. The van der Waals surface area contributed by atoms with Gasteiger partial charge in [-0.1, -0.05) is 0 Å². The Balaban J connectivity index is 2.04. The molecular weight excluding hydrogens is 168 g/mol. The Labute approximate surface area is 76.0 Å². The normalized spacial score (nSPS) is 21.1. The summed E-state index contributed by atoms with van der Waals surface area (Å²) in [6.07, 6.45) is 4.66. The van der Waals surface area contributed by atoms with Gasteiger partial charge in [-0.05, 0) is 25.2 Å². The molecule has 0 radical (unpaired) electrons. The van der Waals surface area contributed by atoms with Gasteiger partial charge in [0.1, 0.15) is 0 Å². The van der Waals surface area contributed by atoms with E-state index < -0.39 is 5.97 Å². The number of aliphatic carboxylic acids is 1. The Morgan fingerprint density at radius 2 is 2.62 bits per heavy atom. The first-order valence-electron chi connectivity index (χ1n) is 4.48. The molecule has 0 aliphatic heterocycles. The first-order chi connectivity index (χ1) is 6.25. The molecule has 1 aliphatic rings. The summed E-state index contributed by atoms with van der Waals surface area (Å²) in [6, 6.07) is 0. The van der Waals surface area contributed by atoms with Crippen molar-refractivity contribution < 1.29 is 9.90 Å². The van der Waals surface area contributed by atoms with Crippen molar-refractivity contribution in [3.05, 3.63) is 17.7 Å². The van der Waals surface area contributed by atoms with Crippen LogP contribution in [0.3, 0.4) is 0 Å². The Morgan fingerprint density at radius 3 is 3.38 bits per heavy atom. The van der Waals surface area contributed by atoms with E-state index in [1.54, 1.807) is 6.33 Å². The van der Waals surface area contributed by atoms with Crippen molar-refractivity contribution >= 4 is 5.97 Å². The molecule has 0 spiro atoms. The van der Waals surface area contributed by atoms with Gasteiger partial charge >= 0.3 is 5.97 Å². The van der Waals surface area contributed by atoms with E-state index >= 15 is 0 Å². The average Bonchev–Trinajstić information content (AvgIpc) is 2.49. The number of rotatable bonds is 2. The van der Waals surface area contributed by atoms with E-state index in [0.717, 1.165) is 30.7 Å². The van der Waals surface area contributed by atoms with Crippen molar-refractivity contribution in [2.45, 2.75) is 25.7 Å². The molecule has 0 saturated heterocycles. The Kier molecular flexibility index (Phi) is 2.04. The number of hydrogen-bond acceptors (Lipinski definition) is 2. The van der Waals surface area contributed by atoms with Crippen molar-refractivity contribution in [3.63, 3.8) is 0 Å². The van der Waals surface area contributed by atoms with E-state index in [9.17, 15) is 4.79 Å². The van der Waals surface area contributed by atoms with Gasteiger partial charge in [0.25, 0.3) is 0 Å². The number of carboxylic acid groups (broad SMARTS) is 1. The van der Waals surface area contributed by atoms with Gasteiger partial charge in [0.05, 0.1) is 12.0 Å². The summed E-state index contributed by atoms with van der Waals surface area (Å²) in [5.41, 5.74) is 2.24. The van der Waals surface area contributed by atoms with Crippen LogP contribution >= 0.6 is 0 Å². The Hall–Kier alpha value is -1.32. The maximum absolute atomic E-state index is 10.5. The van der Waals surface area contributed by atoms with E-state index in [2.05, 4.69) is 9.97 Å². The topological polar surface area (TPSA) is 66.0 Å². The summed E-state index contributed by atoms with van der Waals surface area (Å²) in [5.74, 6) is -0.418. The van der Waals surface area contributed by atoms with Crippen LogP contribution in [0.4, 0.5) is 0 Å². The summed E-state index contributed by atoms with van der Waals surface area (Å²) in [5, 5.41) is 8.64. The number of carboxylic acids is 1. The molecule has 0 amide bonds. The van der Waals surface area contributed by atoms with Gasteiger partial charge in [0.15, 0.2) is 0 Å². The molecule has 1 atom stereocenters. The van der Waals surface area contributed by atoms with Crippen LogP contribution in [0.5, 0.6) is 0 Å². The summed E-state index contributed by atoms with van der Waals surface area (Å²) in [4.78, 5) is 17.7. The van der Waals surface area contributed by atoms with Crippen LogP contribution in [0.1, 0.15) is 24.2 Å². The fraction of sp³-hybridized carbons (Fsp3) is 0.556. The number of hydrogen-bond donors (Lipinski definition) is 2. The SMILES string of the molecule is O=C(O)C[C@@H]1CCc2nc[nH]c2C1. The summed E-state index contributed by atoms with van der Waals surface area (Å²) >= 11 is 0. The molecule has 1 aromatic rings. The molecule has 1 aromatic heterocycles. The second-order valence-electron chi connectivity index (χ2n) is 3.53. The minimum Gasteiger partial charge on any atom is -0.481 e. The largest absolute Gasteiger partial charge is 0.481 e. The molecule has 4 nitrogen and oxygen atoms in total. The average molecular weight is 180 g/mol. The number of aromatic nitrogens is 2. The van der Waals surface area contributed by atoms with Gasteiger partial charge in [-0.15, -0.1) is 0 Å². The highest BCUT2D eigenvalue weighted by atomic mass is 16.4. The number of imidazole rings is 1. The lowest BCUT2D eigenvalue weighted by molar-refractivity contribution is -0.138. The van der Waals surface area contributed by atoms with Gasteiger partial charge < -0.3 is 10.1 Å². The molecule has 13 heavy (non-hydrogen) atoms. The van der Waals surface area contributed by atoms with Crippen LogP contribution in [0.2, 0.25) is 0 Å². The minimum absolute atomic E-state index is 0.276. The Bertz CT molecular complexity index is 319. The van der Waals surface area contributed by atoms with Crippen molar-refractivity contribution in [2.24, 2.45) is 5.92 Å². The molecule has 2 rings (SSSR count). The molecule has 0 bridgehead atoms. The molecule has 0 aromatic carbocycles. The van der Waals surface area contributed by atoms with Gasteiger partial charge in [0, 0.05) is 12.1 Å². The van der Waals surface area contributed by atoms with Crippen molar-refractivity contribution in [3.8, 4) is 0 Å². The number of aryl methyl sites for hydroxylation is 1. The van der Waals surface area contributed by atoms with Crippen LogP contribution < -0.4 is 0 Å². The molecule has 0 saturated carbocycles. The van der Waals surface area contributed by atoms with E-state index in [1.807, 2.05) is 0 Å². The Morgan fingerprint density at radius 1 is 1.77 bits per heavy atom. The highest BCUT2D eigenvalue weighted by molar-refractivity contribution is 5.67. The molecule has 70 valence electrons. The van der Waals surface area contributed by atoms with Gasteiger partial charge in [-0.25, -0.2) is 4.98 Å². The first-order valence-corrected chi connectivity index (χ1v) is 4.48. The molecule has 1 aliphatic carbocycles. The number of aromatic amines is 1. The third kappa shape index (κ3) is 1.71. The van der Waals surface area contributed by atoms with Gasteiger partial charge in [-0.3, -0.25) is 4.79 Å². The van der Waals surface area contributed by atoms with E-state index in [0.29, 0.717) is 0 Å². The molecule has 4 heteroatoms. The highest BCUT2D eigenvalue weighted by Gasteiger charge is 2.22. The van der Waals surface area contributed by atoms with Gasteiger partial charge in [0.2, 0.25) is 0 Å². The number of nitrogens with zero attached hydrogens (tertiary/aromatic N) is 1. The zero-order valence-corrected chi connectivity index (χ0v) is 7.29. The first kappa shape index (κ1) is 8.29. The third-order valence-electron chi connectivity index (χ3n) is 2.55. The summed E-state index contributed by atoms with van der Waals surface area (Å²) < 4.78 is 0. The second-order valence-corrected chi connectivity index (χ2v) is 3.53. The van der Waals surface area contributed by atoms with Crippen molar-refractivity contribution in [1.82, 2.24) is 9.97 Å². The predicted molar refractivity (Wildman–Crippen MR) is 46.4 cm³/mol. The minimum atomic E-state index is -0.701. The fourth-order valence-electron chi connectivity index (χ4n) is 1.89. The smallest absolute Gasteiger partial charge is 0.303 e. The van der Waals surface area contributed by atoms with E-state index in [1.165, 1.54) is 0 Å². The van der Waals surface area contributed by atoms with Gasteiger partial charge in [-0.2, -0.15) is 0 Å². The number of nitrogens with one attached hydrogen (secondary N) is 1. The quantitative estimate of drug-likeness (QED) is 0.713. The molecular formula is C9H12N2O2. The standard InChI is InChI=1S/C9H12N2O2/c12-9(13)4-6-1-2-7-8(3-6)11-5-10-7/h5-6H,1-4H2,(H,10,11)(H,12,13)/t6-/m1/s1. The van der Waals surface area contributed by atoms with E-state index in [-0.39, 0.29) is 12.3 Å². The van der Waals surface area contributed by atoms with Crippen LogP contribution in [-0.4, -0.2) is 21.0 Å². The number of H-pyrrole nitrogens is 1. The predicted octanol–water partition coefficient (Wildman–Crippen LogP) is 0.989. The van der Waals surface area contributed by atoms with E-state index in [4.69, 9.17) is 5.11 Å². The molecule has 0 fully saturated rings. The summed E-state index contributed by atoms with van der Waals surface area (Å²) in [6.45, 7) is 0. The number of carbonyl (C=O) groups is 1. The second kappa shape index (κ2) is 3.20. The zero-order valence-electron chi connectivity index (χ0n) is 7.29. The van der Waals surface area contributed by atoms with Crippen LogP contribution in [0.15, 0.2) is 6.33 Å². The fourth-order valence-corrected chi connectivity index (χ4v) is 1.89. The lowest BCUT2D eigenvalue weighted by Gasteiger charge is -2.19. The lowest BCUT2D eigenvalue weighted by atomic mass is 9.87. The molecule has 0 unspecified atom stereocenters. The number of fused-ring (bicyclic) bond motifs is 1. The highest BCUT2D eigenvalue weighted by Crippen LogP contribution is 2.24. The molecule has 2 N–H and O–H groups in total. The molecule has 1 heterocycles. The third-order valence-corrected chi connectivity index (χ3v) is 2.55. The lowest BCUT2D eigenvalue weighted by Crippen LogP contribution is -2.17. The van der Waals surface area contributed by atoms with Crippen LogP contribution in [-0.2, 0) is 17.6 Å². The monoisotopic (exact) mass is 180 g/mol.